The third kappa shape index (κ3) is 4.90. The molecule has 2 fully saturated rings. The number of fused-ring (bicyclic) bond motifs is 2. The van der Waals surface area contributed by atoms with Gasteiger partial charge in [0.05, 0.1) is 30.6 Å². The van der Waals surface area contributed by atoms with E-state index in [1.54, 1.807) is 13.2 Å². The van der Waals surface area contributed by atoms with Crippen LogP contribution >= 0.6 is 11.6 Å². The third-order valence-corrected chi connectivity index (χ3v) is 6.63. The first kappa shape index (κ1) is 22.3. The highest BCUT2D eigenvalue weighted by atomic mass is 35.5. The van der Waals surface area contributed by atoms with Gasteiger partial charge in [-0.25, -0.2) is 14.4 Å². The van der Waals surface area contributed by atoms with Crippen LogP contribution in [0.3, 0.4) is 0 Å². The number of hydrogen-bond acceptors (Lipinski definition) is 7. The number of anilines is 2. The second-order valence-corrected chi connectivity index (χ2v) is 8.97. The first-order valence-electron chi connectivity index (χ1n) is 11.1. The van der Waals surface area contributed by atoms with Crippen molar-refractivity contribution in [3.05, 3.63) is 51.7 Å². The molecule has 33 heavy (non-hydrogen) atoms. The minimum atomic E-state index is -0.474. The monoisotopic (exact) mass is 472 g/mol. The van der Waals surface area contributed by atoms with Crippen molar-refractivity contribution < 1.29 is 18.6 Å². The maximum Gasteiger partial charge on any atom is 0.173 e. The molecule has 0 saturated carbocycles. The van der Waals surface area contributed by atoms with Gasteiger partial charge in [-0.1, -0.05) is 11.6 Å². The highest BCUT2D eigenvalue weighted by molar-refractivity contribution is 6.31. The molecule has 3 aliphatic rings. The predicted octanol–water partition coefficient (Wildman–Crippen LogP) is 2.07. The van der Waals surface area contributed by atoms with Gasteiger partial charge < -0.3 is 24.4 Å². The van der Waals surface area contributed by atoms with Crippen LogP contribution in [0, 0.1) is 17.7 Å². The lowest BCUT2D eigenvalue weighted by atomic mass is 10.0. The van der Waals surface area contributed by atoms with Crippen molar-refractivity contribution in [2.24, 2.45) is 11.8 Å². The average molecular weight is 473 g/mol. The summed E-state index contributed by atoms with van der Waals surface area (Å²) in [5.74, 6) is 2.04. The largest absolute Gasteiger partial charge is 0.490 e. The number of ether oxygens (including phenoxy) is 3. The Bertz CT molecular complexity index is 1170. The molecule has 1 aromatic heterocycles. The van der Waals surface area contributed by atoms with E-state index >= 15 is 0 Å². The Kier molecular flexibility index (Phi) is 6.62. The lowest BCUT2D eigenvalue weighted by Crippen LogP contribution is -2.36. The maximum absolute atomic E-state index is 13.5. The van der Waals surface area contributed by atoms with Gasteiger partial charge in [-0.3, -0.25) is 0 Å². The molecule has 3 heterocycles. The molecule has 0 spiro atoms. The Morgan fingerprint density at radius 2 is 2.09 bits per heavy atom. The van der Waals surface area contributed by atoms with Crippen LogP contribution in [0.15, 0.2) is 30.3 Å². The summed E-state index contributed by atoms with van der Waals surface area (Å²) in [7, 11) is 1.60. The van der Waals surface area contributed by atoms with Gasteiger partial charge in [0.1, 0.15) is 29.4 Å². The Morgan fingerprint density at radius 1 is 1.27 bits per heavy atom. The van der Waals surface area contributed by atoms with E-state index in [2.05, 4.69) is 25.9 Å². The zero-order valence-electron chi connectivity index (χ0n) is 18.4. The number of likely N-dealkylation sites (tertiary alicyclic amines) is 1. The van der Waals surface area contributed by atoms with Gasteiger partial charge in [0, 0.05) is 43.8 Å². The Labute approximate surface area is 196 Å². The Hall–Kier alpha value is -2.48. The molecule has 174 valence electrons. The van der Waals surface area contributed by atoms with E-state index in [-0.39, 0.29) is 5.02 Å². The van der Waals surface area contributed by atoms with Crippen LogP contribution in [0.2, 0.25) is 5.02 Å². The number of aromatic nitrogens is 2. The van der Waals surface area contributed by atoms with Crippen molar-refractivity contribution in [2.75, 3.05) is 51.9 Å². The van der Waals surface area contributed by atoms with Crippen LogP contribution < -0.4 is 15.9 Å². The fraction of sp³-hybridized carbons (Fsp3) is 0.458. The molecule has 0 amide bonds. The molecule has 7 nitrogen and oxygen atoms in total. The van der Waals surface area contributed by atoms with E-state index in [4.69, 9.17) is 25.8 Å². The fourth-order valence-electron chi connectivity index (χ4n) is 4.63. The van der Waals surface area contributed by atoms with Crippen molar-refractivity contribution in [3.63, 3.8) is 0 Å². The van der Waals surface area contributed by atoms with Crippen LogP contribution in [-0.4, -0.2) is 67.5 Å². The second kappa shape index (κ2) is 9.79. The van der Waals surface area contributed by atoms with E-state index in [0.717, 1.165) is 44.5 Å². The minimum absolute atomic E-state index is 0.0374. The van der Waals surface area contributed by atoms with Crippen LogP contribution in [0.25, 0.3) is 11.8 Å². The van der Waals surface area contributed by atoms with Crippen molar-refractivity contribution in [1.29, 1.82) is 0 Å². The standard InChI is InChI=1S/C24H26ClFN4O3/c1-31-22-9-21-18(24(28-14-27-21)29-17-3-4-20(26)19(25)7-17)8-23(22)33-6-2-5-30-10-15-12-32-13-16(15)11-30/h3-4,7-8,14-16,23H,2,5-6,10-13H2,1H3,(H,27,28,29)/t15-,16+,23?. The van der Waals surface area contributed by atoms with E-state index in [0.29, 0.717) is 41.1 Å². The van der Waals surface area contributed by atoms with Crippen LogP contribution in [0.1, 0.15) is 6.42 Å². The summed E-state index contributed by atoms with van der Waals surface area (Å²) in [6.07, 6.45) is 3.91. The SMILES string of the molecule is COC1=C=c2ncnc(Nc3ccc(F)c(Cl)c3)c2=CC1OCCCN1C[C@H]2COC[C@H]2C1. The molecular formula is C24H26ClFN4O3. The zero-order chi connectivity index (χ0) is 22.8. The molecule has 1 unspecified atom stereocenters. The van der Waals surface area contributed by atoms with Crippen molar-refractivity contribution >= 4 is 34.9 Å². The molecule has 2 aliphatic heterocycles. The first-order chi connectivity index (χ1) is 16.1. The summed E-state index contributed by atoms with van der Waals surface area (Å²) < 4.78 is 30.7. The zero-order valence-corrected chi connectivity index (χ0v) is 19.1. The van der Waals surface area contributed by atoms with Gasteiger partial charge in [0.25, 0.3) is 0 Å². The number of halogens is 2. The van der Waals surface area contributed by atoms with Gasteiger partial charge >= 0.3 is 0 Å². The molecular weight excluding hydrogens is 447 g/mol. The Balaban J connectivity index is 1.27. The minimum Gasteiger partial charge on any atom is -0.490 e. The molecule has 2 aromatic rings. The van der Waals surface area contributed by atoms with Crippen molar-refractivity contribution in [1.82, 2.24) is 14.9 Å². The average Bonchev–Trinajstić information content (AvgIpc) is 3.41. The fourth-order valence-corrected chi connectivity index (χ4v) is 4.82. The molecule has 2 saturated heterocycles. The van der Waals surface area contributed by atoms with Crippen molar-refractivity contribution in [3.8, 4) is 0 Å². The van der Waals surface area contributed by atoms with E-state index in [1.165, 1.54) is 18.5 Å². The van der Waals surface area contributed by atoms with Gasteiger partial charge in [-0.2, -0.15) is 0 Å². The number of nitrogens with zero attached hydrogens (tertiary/aromatic N) is 3. The topological polar surface area (TPSA) is 68.7 Å². The highest BCUT2D eigenvalue weighted by Crippen LogP contribution is 2.29. The number of benzene rings is 1. The van der Waals surface area contributed by atoms with Gasteiger partial charge in [-0.05, 0) is 36.4 Å². The number of nitrogens with one attached hydrogen (secondary N) is 1. The van der Waals surface area contributed by atoms with Gasteiger partial charge in [0.2, 0.25) is 0 Å². The summed E-state index contributed by atoms with van der Waals surface area (Å²) in [5.41, 5.74) is 3.81. The van der Waals surface area contributed by atoms with Crippen LogP contribution in [-0.2, 0) is 14.2 Å². The number of rotatable bonds is 8. The quantitative estimate of drug-likeness (QED) is 0.590. The van der Waals surface area contributed by atoms with E-state index in [1.807, 2.05) is 6.08 Å². The molecule has 1 N–H and O–H groups in total. The summed E-state index contributed by atoms with van der Waals surface area (Å²) in [6, 6.07) is 4.43. The van der Waals surface area contributed by atoms with E-state index in [9.17, 15) is 4.39 Å². The highest BCUT2D eigenvalue weighted by Gasteiger charge is 2.36. The molecule has 5 rings (SSSR count). The van der Waals surface area contributed by atoms with Gasteiger partial charge in [-0.15, -0.1) is 0 Å². The molecule has 1 aromatic carbocycles. The first-order valence-corrected chi connectivity index (χ1v) is 11.5. The van der Waals surface area contributed by atoms with Crippen LogP contribution in [0.4, 0.5) is 15.9 Å². The predicted molar refractivity (Wildman–Crippen MR) is 123 cm³/mol. The van der Waals surface area contributed by atoms with Crippen molar-refractivity contribution in [2.45, 2.75) is 12.5 Å². The molecule has 0 radical (unpaired) electrons. The second-order valence-electron chi connectivity index (χ2n) is 8.56. The summed E-state index contributed by atoms with van der Waals surface area (Å²) in [4.78, 5) is 11.2. The Morgan fingerprint density at radius 3 is 2.85 bits per heavy atom. The molecule has 0 bridgehead atoms. The van der Waals surface area contributed by atoms with E-state index < -0.39 is 11.9 Å². The molecule has 1 aliphatic carbocycles. The maximum atomic E-state index is 13.5. The molecule has 3 atom stereocenters. The lowest BCUT2D eigenvalue weighted by Gasteiger charge is -2.20. The lowest BCUT2D eigenvalue weighted by molar-refractivity contribution is 0.0709. The summed E-state index contributed by atoms with van der Waals surface area (Å²) in [5, 5.41) is 4.57. The normalized spacial score (nSPS) is 23.8. The van der Waals surface area contributed by atoms with Crippen LogP contribution in [0.5, 0.6) is 0 Å². The molecule has 9 heteroatoms. The number of hydrogen-bond donors (Lipinski definition) is 1. The number of methoxy groups -OCH3 is 1. The third-order valence-electron chi connectivity index (χ3n) is 6.34. The summed E-state index contributed by atoms with van der Waals surface area (Å²) in [6.45, 7) is 5.63. The summed E-state index contributed by atoms with van der Waals surface area (Å²) >= 11 is 5.91. The van der Waals surface area contributed by atoms with Gasteiger partial charge in [0.15, 0.2) is 5.76 Å². The smallest absolute Gasteiger partial charge is 0.173 e.